The number of Topliss-reactive ketones (excluding diaryl/α,β-unsaturated/α-hetero) is 1. The number of benzene rings is 2. The molecule has 16 heteroatoms. The van der Waals surface area contributed by atoms with E-state index in [1.54, 1.807) is 32.6 Å². The van der Waals surface area contributed by atoms with Gasteiger partial charge in [0, 0.05) is 38.4 Å². The van der Waals surface area contributed by atoms with Gasteiger partial charge in [-0.25, -0.2) is 9.78 Å². The molecule has 0 saturated carbocycles. The summed E-state index contributed by atoms with van der Waals surface area (Å²) in [7, 11) is 0. The molecule has 2 aromatic carbocycles. The summed E-state index contributed by atoms with van der Waals surface area (Å²) in [5.74, 6) is -4.89. The van der Waals surface area contributed by atoms with Gasteiger partial charge < -0.3 is 35.4 Å². The van der Waals surface area contributed by atoms with Gasteiger partial charge in [-0.05, 0) is 41.4 Å². The van der Waals surface area contributed by atoms with Crippen molar-refractivity contribution < 1.29 is 38.3 Å². The summed E-state index contributed by atoms with van der Waals surface area (Å²) in [5, 5.41) is 8.26. The minimum Gasteiger partial charge on any atom is -0.444 e. The molecule has 0 radical (unpaired) electrons. The number of carbonyl (C=O) groups excluding carboxylic acids is 7. The highest BCUT2D eigenvalue weighted by Gasteiger charge is 2.48. The van der Waals surface area contributed by atoms with Crippen molar-refractivity contribution in [1.82, 2.24) is 40.6 Å². The number of hydrogen-bond donors (Lipinski definition) is 3. The number of ether oxygens (including phenoxy) is 1. The lowest BCUT2D eigenvalue weighted by atomic mass is 9.98. The van der Waals surface area contributed by atoms with Crippen molar-refractivity contribution in [3.8, 4) is 0 Å². The van der Waals surface area contributed by atoms with Crippen molar-refractivity contribution in [3.05, 3.63) is 95.6 Å². The summed E-state index contributed by atoms with van der Waals surface area (Å²) in [6, 6.07) is 12.4. The van der Waals surface area contributed by atoms with Gasteiger partial charge in [-0.1, -0.05) is 95.6 Å². The molecule has 0 bridgehead atoms. The molecule has 60 heavy (non-hydrogen) atoms. The van der Waals surface area contributed by atoms with Gasteiger partial charge in [0.1, 0.15) is 29.9 Å². The number of aromatic nitrogens is 2. The molecule has 3 N–H and O–H groups in total. The fourth-order valence-electron chi connectivity index (χ4n) is 7.79. The van der Waals surface area contributed by atoms with Gasteiger partial charge in [0.05, 0.1) is 24.8 Å². The van der Waals surface area contributed by atoms with Crippen LogP contribution in [-0.4, -0.2) is 116 Å². The second-order valence-electron chi connectivity index (χ2n) is 16.3. The Morgan fingerprint density at radius 2 is 1.52 bits per heavy atom. The van der Waals surface area contributed by atoms with Crippen LogP contribution in [0.15, 0.2) is 73.2 Å². The van der Waals surface area contributed by atoms with E-state index in [1.807, 2.05) is 61.5 Å². The quantitative estimate of drug-likeness (QED) is 0.151. The van der Waals surface area contributed by atoms with Gasteiger partial charge in [-0.15, -0.1) is 0 Å². The predicted molar refractivity (Wildman–Crippen MR) is 219 cm³/mol. The first-order valence-corrected chi connectivity index (χ1v) is 20.7. The Morgan fingerprint density at radius 3 is 2.18 bits per heavy atom. The topological polar surface area (TPSA) is 200 Å². The Balaban J connectivity index is 1.20. The molecule has 2 saturated heterocycles. The van der Waals surface area contributed by atoms with Crippen LogP contribution >= 0.6 is 0 Å². The number of likely N-dealkylation sites (tertiary alicyclic amines) is 1. The minimum absolute atomic E-state index is 0.0135. The number of nitrogens with one attached hydrogen (secondary N) is 3. The van der Waals surface area contributed by atoms with Crippen LogP contribution in [0.25, 0.3) is 0 Å². The molecule has 16 nitrogen and oxygen atoms in total. The molecule has 0 spiro atoms. The lowest BCUT2D eigenvalue weighted by molar-refractivity contribution is -0.145. The summed E-state index contributed by atoms with van der Waals surface area (Å²) in [5.41, 5.74) is 3.07. The number of rotatable bonds is 15. The second-order valence-corrected chi connectivity index (χ2v) is 16.3. The minimum atomic E-state index is -1.21. The standard InChI is InChI=1S/C44H54N8O8/c1-6-12-32(38(53)43(58)52-25-35(52)29-14-8-7-9-15-29)47-40(55)34-21-31(60-44(59)50-20-17-28-13-10-11-16-30(28)23-50)24-51(34)42(57)37(27(4)5)49-41(56)36(26(2)3)48-39(54)33-22-45-18-19-46-33/h7-11,13-16,18-19,22,26-27,31-32,34-37H,6,12,17,20-21,23-25H2,1-5H3,(H,47,55)(H,48,54)(H,49,56)/t31-,32?,34+,35-,36-,37-,52?/m1/s1. The number of nitrogens with zero attached hydrogens (tertiary/aromatic N) is 5. The number of carbonyl (C=O) groups is 7. The van der Waals surface area contributed by atoms with Gasteiger partial charge in [0.25, 0.3) is 11.8 Å². The van der Waals surface area contributed by atoms with Crippen LogP contribution < -0.4 is 16.0 Å². The second kappa shape index (κ2) is 19.3. The third-order valence-corrected chi connectivity index (χ3v) is 11.2. The van der Waals surface area contributed by atoms with E-state index >= 15 is 0 Å². The molecule has 6 rings (SSSR count). The summed E-state index contributed by atoms with van der Waals surface area (Å²) in [6.07, 6.45) is 3.77. The Hall–Kier alpha value is -6.19. The summed E-state index contributed by atoms with van der Waals surface area (Å²) in [4.78, 5) is 109. The Kier molecular flexibility index (Phi) is 13.9. The average molecular weight is 823 g/mol. The Bertz CT molecular complexity index is 2060. The summed E-state index contributed by atoms with van der Waals surface area (Å²) < 4.78 is 5.97. The zero-order chi connectivity index (χ0) is 43.1. The number of hydrogen-bond acceptors (Lipinski definition) is 10. The molecule has 6 amide bonds. The van der Waals surface area contributed by atoms with Crippen molar-refractivity contribution in [2.75, 3.05) is 19.6 Å². The first-order chi connectivity index (χ1) is 28.8. The van der Waals surface area contributed by atoms with Crippen LogP contribution in [0.4, 0.5) is 4.79 Å². The smallest absolute Gasteiger partial charge is 0.410 e. The van der Waals surface area contributed by atoms with Gasteiger partial charge in [0.2, 0.25) is 23.5 Å². The molecule has 4 heterocycles. The third kappa shape index (κ3) is 10.1. The van der Waals surface area contributed by atoms with Gasteiger partial charge in [0.15, 0.2) is 0 Å². The maximum atomic E-state index is 14.6. The van der Waals surface area contributed by atoms with Crippen LogP contribution in [0.3, 0.4) is 0 Å². The van der Waals surface area contributed by atoms with E-state index in [9.17, 15) is 33.6 Å². The van der Waals surface area contributed by atoms with Crippen LogP contribution in [0.1, 0.15) is 87.1 Å². The first kappa shape index (κ1) is 43.4. The normalized spacial score (nSPS) is 19.8. The van der Waals surface area contributed by atoms with E-state index < -0.39 is 83.5 Å². The number of amides is 6. The van der Waals surface area contributed by atoms with Crippen molar-refractivity contribution in [3.63, 3.8) is 0 Å². The largest absolute Gasteiger partial charge is 0.444 e. The van der Waals surface area contributed by atoms with Gasteiger partial charge >= 0.3 is 6.09 Å². The lowest BCUT2D eigenvalue weighted by Crippen LogP contribution is -2.59. The molecule has 2 fully saturated rings. The van der Waals surface area contributed by atoms with Crippen molar-refractivity contribution in [2.24, 2.45) is 11.8 Å². The molecule has 318 valence electrons. The molecular weight excluding hydrogens is 769 g/mol. The first-order valence-electron chi connectivity index (χ1n) is 20.7. The maximum Gasteiger partial charge on any atom is 0.410 e. The molecule has 3 aliphatic rings. The summed E-state index contributed by atoms with van der Waals surface area (Å²) in [6.45, 7) is 9.78. The average Bonchev–Trinajstić information content (AvgIpc) is 3.95. The molecule has 0 aliphatic carbocycles. The van der Waals surface area contributed by atoms with Crippen LogP contribution in [0.5, 0.6) is 0 Å². The van der Waals surface area contributed by atoms with Crippen molar-refractivity contribution in [1.29, 1.82) is 0 Å². The fraction of sp³-hybridized carbons (Fsp3) is 0.477. The monoisotopic (exact) mass is 822 g/mol. The highest BCUT2D eigenvalue weighted by molar-refractivity contribution is 6.39. The molecule has 3 aliphatic heterocycles. The van der Waals surface area contributed by atoms with E-state index in [0.29, 0.717) is 32.5 Å². The van der Waals surface area contributed by atoms with Gasteiger partial charge in [-0.2, -0.15) is 0 Å². The highest BCUT2D eigenvalue weighted by Crippen LogP contribution is 2.35. The van der Waals surface area contributed by atoms with E-state index in [2.05, 4.69) is 25.9 Å². The van der Waals surface area contributed by atoms with E-state index in [-0.39, 0.29) is 31.1 Å². The molecule has 6 atom stereocenters. The molecular formula is C44H54N8O8. The third-order valence-electron chi connectivity index (χ3n) is 11.2. The van der Waals surface area contributed by atoms with Gasteiger partial charge in [-0.3, -0.25) is 33.8 Å². The lowest BCUT2D eigenvalue weighted by Gasteiger charge is -2.32. The maximum absolute atomic E-state index is 14.6. The fourth-order valence-corrected chi connectivity index (χ4v) is 7.79. The zero-order valence-electron chi connectivity index (χ0n) is 34.7. The molecule has 1 unspecified atom stereocenters. The van der Waals surface area contributed by atoms with Crippen LogP contribution in [0, 0.1) is 11.8 Å². The van der Waals surface area contributed by atoms with E-state index in [1.165, 1.54) is 28.4 Å². The summed E-state index contributed by atoms with van der Waals surface area (Å²) >= 11 is 0. The Labute approximate surface area is 349 Å². The Morgan fingerprint density at radius 1 is 0.817 bits per heavy atom. The predicted octanol–water partition coefficient (Wildman–Crippen LogP) is 2.97. The zero-order valence-corrected chi connectivity index (χ0v) is 34.7. The van der Waals surface area contributed by atoms with Crippen LogP contribution in [0.2, 0.25) is 0 Å². The highest BCUT2D eigenvalue weighted by atomic mass is 16.6. The van der Waals surface area contributed by atoms with Crippen LogP contribution in [-0.2, 0) is 41.7 Å². The molecule has 3 aromatic rings. The van der Waals surface area contributed by atoms with E-state index in [0.717, 1.165) is 16.7 Å². The van der Waals surface area contributed by atoms with E-state index in [4.69, 9.17) is 4.74 Å². The number of ketones is 1. The molecule has 1 aromatic heterocycles. The number of fused-ring (bicyclic) bond motifs is 1. The SMILES string of the molecule is CCCC(NC(=O)[C@@H]1C[C@@H](OC(=O)N2CCc3ccccc3C2)CN1C(=O)[C@H](NC(=O)[C@H](NC(=O)c1cnccn1)C(C)C)C(C)C)C(=O)C(=O)N1C[C@@H]1c1ccccc1. The van der Waals surface area contributed by atoms with Crippen molar-refractivity contribution >= 4 is 41.4 Å². The van der Waals surface area contributed by atoms with Crippen molar-refractivity contribution in [2.45, 2.75) is 103 Å².